The van der Waals surface area contributed by atoms with Gasteiger partial charge in [0, 0.05) is 6.92 Å². The molecule has 11 heavy (non-hydrogen) atoms. The third-order valence-electron chi connectivity index (χ3n) is 0.928. The maximum absolute atomic E-state index is 11.8. The second kappa shape index (κ2) is 2.48. The highest BCUT2D eigenvalue weighted by atomic mass is 19.4. The molecule has 0 fully saturated rings. The summed E-state index contributed by atoms with van der Waals surface area (Å²) >= 11 is 0. The van der Waals surface area contributed by atoms with Gasteiger partial charge in [-0.2, -0.15) is 13.2 Å². The second-order valence-corrected chi connectivity index (χ2v) is 1.88. The van der Waals surface area contributed by atoms with Crippen molar-refractivity contribution >= 4 is 11.9 Å². The Bertz CT molecular complexity index is 247. The van der Waals surface area contributed by atoms with Crippen LogP contribution in [0, 0.1) is 6.20 Å². The van der Waals surface area contributed by atoms with Gasteiger partial charge in [0.2, 0.25) is 0 Å². The lowest BCUT2D eigenvalue weighted by atomic mass is 10.3. The Labute approximate surface area is 61.2 Å². The maximum Gasteiger partial charge on any atom is 0.487 e. The molecule has 1 rings (SSSR count). The molecule has 0 aromatic rings. The molecule has 0 amide bonds. The second-order valence-electron chi connectivity index (χ2n) is 1.88. The van der Waals surface area contributed by atoms with Crippen molar-refractivity contribution in [3.8, 4) is 0 Å². The van der Waals surface area contributed by atoms with E-state index in [1.54, 1.807) is 6.21 Å². The van der Waals surface area contributed by atoms with Gasteiger partial charge in [0.15, 0.2) is 12.4 Å². The first-order chi connectivity index (χ1) is 5.00. The van der Waals surface area contributed by atoms with Crippen molar-refractivity contribution in [1.29, 1.82) is 0 Å². The molecule has 0 N–H and O–H groups in total. The standard InChI is InChI=1S/C6H3F3N2/c1-4-2-10-3-5(11-4)6(7,8)9/h1H3/q+1. The van der Waals surface area contributed by atoms with Gasteiger partial charge in [-0.3, -0.25) is 0 Å². The fourth-order valence-electron chi connectivity index (χ4n) is 0.506. The van der Waals surface area contributed by atoms with Crippen molar-refractivity contribution in [3.63, 3.8) is 0 Å². The van der Waals surface area contributed by atoms with E-state index in [1.165, 1.54) is 6.92 Å². The van der Waals surface area contributed by atoms with Crippen LogP contribution in [0.4, 0.5) is 13.2 Å². The largest absolute Gasteiger partial charge is 0.487 e. The monoisotopic (exact) mass is 160 g/mol. The SMILES string of the molecule is CC1=[C]N=[C]C(C(F)(F)F)=[N+]1. The van der Waals surface area contributed by atoms with Crippen LogP contribution in [0.15, 0.2) is 10.7 Å². The Kier molecular flexibility index (Phi) is 1.80. The number of alkyl halides is 3. The van der Waals surface area contributed by atoms with Crippen LogP contribution in [0.5, 0.6) is 0 Å². The fourth-order valence-corrected chi connectivity index (χ4v) is 0.506. The van der Waals surface area contributed by atoms with Gasteiger partial charge in [-0.25, -0.2) is 4.99 Å². The zero-order chi connectivity index (χ0) is 8.48. The van der Waals surface area contributed by atoms with Crippen molar-refractivity contribution in [2.75, 3.05) is 0 Å². The topological polar surface area (TPSA) is 26.5 Å². The molecule has 2 nitrogen and oxygen atoms in total. The van der Waals surface area contributed by atoms with E-state index in [0.717, 1.165) is 0 Å². The third kappa shape index (κ3) is 1.89. The number of allylic oxidation sites excluding steroid dienone is 1. The lowest BCUT2D eigenvalue weighted by molar-refractivity contribution is -0.0570. The molecule has 0 saturated carbocycles. The Balaban J connectivity index is 2.93. The summed E-state index contributed by atoms with van der Waals surface area (Å²) in [6.45, 7) is 1.38. The van der Waals surface area contributed by atoms with Crippen LogP contribution in [0.3, 0.4) is 0 Å². The minimum atomic E-state index is -4.47. The van der Waals surface area contributed by atoms with Gasteiger partial charge in [0.25, 0.3) is 5.70 Å². The highest BCUT2D eigenvalue weighted by molar-refractivity contribution is 6.33. The normalized spacial score (nSPS) is 17.8. The van der Waals surface area contributed by atoms with Crippen LogP contribution >= 0.6 is 0 Å². The molecule has 0 saturated heterocycles. The van der Waals surface area contributed by atoms with E-state index in [1.807, 2.05) is 0 Å². The van der Waals surface area contributed by atoms with Gasteiger partial charge in [-0.15, -0.1) is 0 Å². The lowest BCUT2D eigenvalue weighted by Crippen LogP contribution is -2.29. The number of hydrogen-bond donors (Lipinski definition) is 0. The van der Waals surface area contributed by atoms with Gasteiger partial charge in [0.05, 0.1) is 4.99 Å². The fraction of sp³-hybridized carbons (Fsp3) is 0.333. The van der Waals surface area contributed by atoms with E-state index in [0.29, 0.717) is 0 Å². The predicted molar refractivity (Wildman–Crippen MR) is 33.1 cm³/mol. The van der Waals surface area contributed by atoms with Gasteiger partial charge in [-0.1, -0.05) is 0 Å². The summed E-state index contributed by atoms with van der Waals surface area (Å²) in [5, 5.41) is 0. The van der Waals surface area contributed by atoms with E-state index in [-0.39, 0.29) is 5.70 Å². The van der Waals surface area contributed by atoms with E-state index < -0.39 is 11.9 Å². The molecule has 0 aliphatic carbocycles. The smallest absolute Gasteiger partial charge is 0.230 e. The van der Waals surface area contributed by atoms with E-state index >= 15 is 0 Å². The summed E-state index contributed by atoms with van der Waals surface area (Å²) in [5.74, 6) is 0. The van der Waals surface area contributed by atoms with Crippen LogP contribution in [-0.4, -0.2) is 18.1 Å². The van der Waals surface area contributed by atoms with Gasteiger partial charge in [0.1, 0.15) is 0 Å². The quantitative estimate of drug-likeness (QED) is 0.504. The summed E-state index contributed by atoms with van der Waals surface area (Å²) in [6.07, 6.45) is -0.531. The summed E-state index contributed by atoms with van der Waals surface area (Å²) in [7, 11) is 0. The zero-order valence-electron chi connectivity index (χ0n) is 5.53. The molecule has 0 bridgehead atoms. The van der Waals surface area contributed by atoms with Crippen molar-refractivity contribution in [2.45, 2.75) is 13.1 Å². The average Bonchev–Trinajstić information content (AvgIpc) is 1.86. The first kappa shape index (κ1) is 7.97. The molecular weight excluding hydrogens is 157 g/mol. The minimum Gasteiger partial charge on any atom is -0.230 e. The lowest BCUT2D eigenvalue weighted by Gasteiger charge is -1.96. The summed E-state index contributed by atoms with van der Waals surface area (Å²) in [4.78, 5) is 6.26. The first-order valence-electron chi connectivity index (χ1n) is 2.71. The molecule has 1 aliphatic heterocycles. The minimum absolute atomic E-state index is 0.107. The summed E-state index contributed by atoms with van der Waals surface area (Å²) in [5.41, 5.74) is -0.996. The third-order valence-corrected chi connectivity index (χ3v) is 0.928. The Hall–Kier alpha value is -1.13. The number of halogens is 3. The van der Waals surface area contributed by atoms with Crippen LogP contribution in [-0.2, 0) is 0 Å². The van der Waals surface area contributed by atoms with Gasteiger partial charge < -0.3 is 0 Å². The van der Waals surface area contributed by atoms with Crippen molar-refractivity contribution < 1.29 is 13.2 Å². The van der Waals surface area contributed by atoms with Crippen LogP contribution in [0.1, 0.15) is 6.92 Å². The van der Waals surface area contributed by atoms with Crippen molar-refractivity contribution in [3.05, 3.63) is 11.9 Å². The summed E-state index contributed by atoms with van der Waals surface area (Å²) < 4.78 is 35.5. The Morgan fingerprint density at radius 3 is 2.45 bits per heavy atom. The van der Waals surface area contributed by atoms with E-state index in [2.05, 4.69) is 16.2 Å². The first-order valence-corrected chi connectivity index (χ1v) is 2.71. The molecule has 3 radical (unpaired) electrons. The molecule has 5 heteroatoms. The summed E-state index contributed by atoms with van der Waals surface area (Å²) in [6, 6.07) is 0. The molecule has 57 valence electrons. The number of rotatable bonds is 0. The molecule has 0 spiro atoms. The number of nitrogens with zero attached hydrogens (tertiary/aromatic N) is 2. The number of aliphatic imine (C=N–C) groups is 2. The van der Waals surface area contributed by atoms with E-state index in [4.69, 9.17) is 0 Å². The molecule has 0 unspecified atom stereocenters. The van der Waals surface area contributed by atoms with Crippen LogP contribution < -0.4 is 4.99 Å². The predicted octanol–water partition coefficient (Wildman–Crippen LogP) is 0.951. The average molecular weight is 160 g/mol. The number of hydrogen-bond acceptors (Lipinski definition) is 2. The molecule has 0 aromatic carbocycles. The van der Waals surface area contributed by atoms with Crippen molar-refractivity contribution in [2.24, 2.45) is 4.99 Å². The molecular formula is C6H3F3N2+. The van der Waals surface area contributed by atoms with E-state index in [9.17, 15) is 13.2 Å². The highest BCUT2D eigenvalue weighted by Gasteiger charge is 2.45. The Morgan fingerprint density at radius 1 is 1.45 bits per heavy atom. The van der Waals surface area contributed by atoms with Crippen molar-refractivity contribution in [1.82, 2.24) is 4.99 Å². The van der Waals surface area contributed by atoms with Crippen LogP contribution in [0.25, 0.3) is 0 Å². The Morgan fingerprint density at radius 2 is 2.09 bits per heavy atom. The molecule has 0 atom stereocenters. The molecule has 1 heterocycles. The maximum atomic E-state index is 11.8. The zero-order valence-corrected chi connectivity index (χ0v) is 5.53. The van der Waals surface area contributed by atoms with Gasteiger partial charge >= 0.3 is 11.9 Å². The van der Waals surface area contributed by atoms with Gasteiger partial charge in [-0.05, 0) is 0 Å². The molecule has 0 aromatic heterocycles. The molecule has 1 aliphatic rings. The highest BCUT2D eigenvalue weighted by Crippen LogP contribution is 2.16. The van der Waals surface area contributed by atoms with Crippen LogP contribution in [0.2, 0.25) is 0 Å².